The number of carboxylic acids is 1. The van der Waals surface area contributed by atoms with Gasteiger partial charge in [-0.1, -0.05) is 96.8 Å². The summed E-state index contributed by atoms with van der Waals surface area (Å²) in [5.41, 5.74) is 0. The van der Waals surface area contributed by atoms with Crippen LogP contribution in [0.1, 0.15) is 116 Å². The number of quaternary nitrogens is 1. The third kappa shape index (κ3) is 25.3. The summed E-state index contributed by atoms with van der Waals surface area (Å²) < 4.78 is 5.97. The highest BCUT2D eigenvalue weighted by Crippen LogP contribution is 2.13. The largest absolute Gasteiger partial charge is 0.477 e. The van der Waals surface area contributed by atoms with Crippen LogP contribution in [0.15, 0.2) is 0 Å². The summed E-state index contributed by atoms with van der Waals surface area (Å²) in [4.78, 5) is 22.7. The molecule has 0 aliphatic carbocycles. The second kappa shape index (κ2) is 22.6. The highest BCUT2D eigenvalue weighted by atomic mass is 16.5. The maximum absolute atomic E-state index is 11.9. The van der Waals surface area contributed by atoms with Gasteiger partial charge in [-0.25, -0.2) is 4.79 Å². The van der Waals surface area contributed by atoms with Crippen molar-refractivity contribution in [1.29, 1.82) is 0 Å². The molecule has 0 rings (SSSR count). The van der Waals surface area contributed by atoms with E-state index in [1.54, 1.807) is 0 Å². The van der Waals surface area contributed by atoms with Gasteiger partial charge in [0.15, 0.2) is 6.54 Å². The van der Waals surface area contributed by atoms with Crippen LogP contribution >= 0.6 is 0 Å². The number of ether oxygens (including phenoxy) is 1. The molecule has 0 unspecified atom stereocenters. The van der Waals surface area contributed by atoms with Gasteiger partial charge in [0, 0.05) is 19.6 Å². The molecule has 0 aromatic carbocycles. The quantitative estimate of drug-likeness (QED) is 0.128. The molecule has 0 bridgehead atoms. The number of aliphatic carboxylic acids is 1. The fourth-order valence-electron chi connectivity index (χ4n) is 4.01. The highest BCUT2D eigenvalue weighted by Gasteiger charge is 2.18. The number of hydrogen-bond acceptors (Lipinski definition) is 3. The zero-order valence-corrected chi connectivity index (χ0v) is 22.2. The molecule has 6 heteroatoms. The van der Waals surface area contributed by atoms with Crippen molar-refractivity contribution in [2.75, 3.05) is 46.9 Å². The molecule has 0 aliphatic rings. The maximum atomic E-state index is 11.9. The first-order valence-electron chi connectivity index (χ1n) is 13.8. The molecule has 0 aromatic rings. The standard InChI is InChI=1S/C27H54N2O4/c1-4-5-6-7-8-9-10-11-12-13-14-15-16-17-18-20-26(30)28-21-19-23-33-24-22-29(2,3)25-27(31)32/h4-25H2,1-3H3,(H-,28,30,31,32)/p+1. The molecule has 0 fully saturated rings. The molecule has 0 radical (unpaired) electrons. The Morgan fingerprint density at radius 2 is 1.21 bits per heavy atom. The number of carbonyl (C=O) groups is 2. The lowest BCUT2D eigenvalue weighted by atomic mass is 10.0. The Morgan fingerprint density at radius 1 is 0.727 bits per heavy atom. The zero-order valence-electron chi connectivity index (χ0n) is 22.2. The van der Waals surface area contributed by atoms with Crippen molar-refractivity contribution in [3.63, 3.8) is 0 Å². The van der Waals surface area contributed by atoms with Crippen molar-refractivity contribution >= 4 is 11.9 Å². The highest BCUT2D eigenvalue weighted by molar-refractivity contribution is 5.75. The van der Waals surface area contributed by atoms with E-state index in [2.05, 4.69) is 12.2 Å². The number of rotatable bonds is 25. The van der Waals surface area contributed by atoms with Crippen LogP contribution in [-0.2, 0) is 14.3 Å². The molecule has 6 nitrogen and oxygen atoms in total. The van der Waals surface area contributed by atoms with Crippen LogP contribution in [0.3, 0.4) is 0 Å². The van der Waals surface area contributed by atoms with Crippen molar-refractivity contribution in [3.05, 3.63) is 0 Å². The minimum Gasteiger partial charge on any atom is -0.477 e. The van der Waals surface area contributed by atoms with E-state index >= 15 is 0 Å². The monoisotopic (exact) mass is 471 g/mol. The van der Waals surface area contributed by atoms with E-state index in [1.807, 2.05) is 14.1 Å². The lowest BCUT2D eigenvalue weighted by Crippen LogP contribution is -2.46. The smallest absolute Gasteiger partial charge is 0.359 e. The first-order valence-corrected chi connectivity index (χ1v) is 13.8. The Balaban J connectivity index is 3.29. The van der Waals surface area contributed by atoms with Crippen LogP contribution in [0, 0.1) is 0 Å². The Kier molecular flexibility index (Phi) is 21.9. The van der Waals surface area contributed by atoms with Gasteiger partial charge in [0.05, 0.1) is 20.7 Å². The second-order valence-corrected chi connectivity index (χ2v) is 10.2. The minimum absolute atomic E-state index is 0.0960. The molecule has 196 valence electrons. The van der Waals surface area contributed by atoms with Gasteiger partial charge in [-0.2, -0.15) is 0 Å². The Morgan fingerprint density at radius 3 is 1.70 bits per heavy atom. The van der Waals surface area contributed by atoms with E-state index in [0.29, 0.717) is 37.2 Å². The second-order valence-electron chi connectivity index (χ2n) is 10.2. The van der Waals surface area contributed by atoms with Crippen molar-refractivity contribution < 1.29 is 23.9 Å². The molecule has 0 saturated heterocycles. The van der Waals surface area contributed by atoms with Crippen LogP contribution in [0.5, 0.6) is 0 Å². The lowest BCUT2D eigenvalue weighted by Gasteiger charge is -2.27. The minimum atomic E-state index is -0.795. The van der Waals surface area contributed by atoms with Gasteiger partial charge in [-0.3, -0.25) is 4.79 Å². The molecule has 1 amide bonds. The molecule has 0 atom stereocenters. The summed E-state index contributed by atoms with van der Waals surface area (Å²) in [7, 11) is 3.77. The Hall–Kier alpha value is -1.14. The van der Waals surface area contributed by atoms with Crippen LogP contribution in [0.2, 0.25) is 0 Å². The molecule has 0 spiro atoms. The number of likely N-dealkylation sites (N-methyl/N-ethyl adjacent to an activating group) is 1. The SMILES string of the molecule is CCCCCCCCCCCCCCCCCC(=O)NCCCOCC[N+](C)(C)CC(=O)O. The van der Waals surface area contributed by atoms with Gasteiger partial charge in [0.2, 0.25) is 5.91 Å². The van der Waals surface area contributed by atoms with Gasteiger partial charge in [0.1, 0.15) is 6.54 Å². The first-order chi connectivity index (χ1) is 15.9. The number of carbonyl (C=O) groups excluding carboxylic acids is 1. The topological polar surface area (TPSA) is 75.6 Å². The predicted octanol–water partition coefficient (Wildman–Crippen LogP) is 5.93. The molecule has 33 heavy (non-hydrogen) atoms. The molecular formula is C27H55N2O4+. The number of unbranched alkanes of at least 4 members (excludes halogenated alkanes) is 14. The number of nitrogens with zero attached hydrogens (tertiary/aromatic N) is 1. The molecule has 0 aromatic heterocycles. The van der Waals surface area contributed by atoms with Crippen LogP contribution < -0.4 is 5.32 Å². The van der Waals surface area contributed by atoms with Crippen molar-refractivity contribution in [2.24, 2.45) is 0 Å². The third-order valence-electron chi connectivity index (χ3n) is 6.20. The lowest BCUT2D eigenvalue weighted by molar-refractivity contribution is -0.883. The predicted molar refractivity (Wildman–Crippen MR) is 137 cm³/mol. The molecule has 0 saturated carbocycles. The number of carboxylic acid groups (broad SMARTS) is 1. The molecule has 0 heterocycles. The number of amides is 1. The summed E-state index contributed by atoms with van der Waals surface area (Å²) in [5.74, 6) is -0.652. The normalized spacial score (nSPS) is 11.6. The molecule has 0 aliphatic heterocycles. The summed E-state index contributed by atoms with van der Waals surface area (Å²) in [6.07, 6.45) is 21.4. The summed E-state index contributed by atoms with van der Waals surface area (Å²) in [6, 6.07) is 0. The van der Waals surface area contributed by atoms with Gasteiger partial charge < -0.3 is 19.6 Å². The van der Waals surface area contributed by atoms with Gasteiger partial charge in [-0.05, 0) is 12.8 Å². The van der Waals surface area contributed by atoms with E-state index in [-0.39, 0.29) is 12.5 Å². The van der Waals surface area contributed by atoms with E-state index in [1.165, 1.54) is 83.5 Å². The van der Waals surface area contributed by atoms with E-state index in [4.69, 9.17) is 9.84 Å². The number of nitrogens with one attached hydrogen (secondary N) is 1. The zero-order chi connectivity index (χ0) is 24.6. The summed E-state index contributed by atoms with van der Waals surface area (Å²) >= 11 is 0. The fourth-order valence-corrected chi connectivity index (χ4v) is 4.01. The summed E-state index contributed by atoms with van der Waals surface area (Å²) in [5, 5.41) is 11.8. The van der Waals surface area contributed by atoms with Crippen molar-refractivity contribution in [2.45, 2.75) is 116 Å². The van der Waals surface area contributed by atoms with Gasteiger partial charge in [0.25, 0.3) is 0 Å². The van der Waals surface area contributed by atoms with Gasteiger partial charge >= 0.3 is 5.97 Å². The average molecular weight is 472 g/mol. The molecular weight excluding hydrogens is 416 g/mol. The average Bonchev–Trinajstić information content (AvgIpc) is 2.74. The number of hydrogen-bond donors (Lipinski definition) is 2. The van der Waals surface area contributed by atoms with Crippen LogP contribution in [-0.4, -0.2) is 68.4 Å². The first kappa shape index (κ1) is 31.9. The van der Waals surface area contributed by atoms with E-state index in [0.717, 1.165) is 19.3 Å². The van der Waals surface area contributed by atoms with Crippen LogP contribution in [0.4, 0.5) is 0 Å². The van der Waals surface area contributed by atoms with Crippen molar-refractivity contribution in [3.8, 4) is 0 Å². The molecule has 2 N–H and O–H groups in total. The van der Waals surface area contributed by atoms with E-state index < -0.39 is 5.97 Å². The van der Waals surface area contributed by atoms with Crippen LogP contribution in [0.25, 0.3) is 0 Å². The van der Waals surface area contributed by atoms with E-state index in [9.17, 15) is 9.59 Å². The Bertz CT molecular complexity index is 469. The maximum Gasteiger partial charge on any atom is 0.359 e. The Labute approximate surface area is 204 Å². The third-order valence-corrected chi connectivity index (χ3v) is 6.20. The summed E-state index contributed by atoms with van der Waals surface area (Å²) in [6.45, 7) is 4.80. The van der Waals surface area contributed by atoms with Gasteiger partial charge in [-0.15, -0.1) is 0 Å². The van der Waals surface area contributed by atoms with Crippen molar-refractivity contribution in [1.82, 2.24) is 5.32 Å². The fraction of sp³-hybridized carbons (Fsp3) is 0.926.